The standard InChI is InChI=1S/C16H27N3O/c1-4-9-19-13-15(14(2)17-19)12-18(3)10-5-7-16-8-6-11-20-16/h4,13,16H,1,5-12H2,2-3H3/t16-/m1/s1. The van der Waals surface area contributed by atoms with Crippen LogP contribution in [0.1, 0.15) is 36.9 Å². The van der Waals surface area contributed by atoms with Gasteiger partial charge in [-0.2, -0.15) is 5.10 Å². The molecule has 1 atom stereocenters. The molecule has 2 heterocycles. The Morgan fingerprint density at radius 1 is 1.60 bits per heavy atom. The predicted octanol–water partition coefficient (Wildman–Crippen LogP) is 2.77. The highest BCUT2D eigenvalue weighted by atomic mass is 16.5. The van der Waals surface area contributed by atoms with Crippen molar-refractivity contribution in [2.75, 3.05) is 20.2 Å². The third-order valence-electron chi connectivity index (χ3n) is 3.89. The lowest BCUT2D eigenvalue weighted by Crippen LogP contribution is -2.20. The fourth-order valence-electron chi connectivity index (χ4n) is 2.77. The molecule has 2 rings (SSSR count). The van der Waals surface area contributed by atoms with Crippen molar-refractivity contribution in [3.05, 3.63) is 30.1 Å². The van der Waals surface area contributed by atoms with Gasteiger partial charge in [0, 0.05) is 24.9 Å². The van der Waals surface area contributed by atoms with E-state index in [2.05, 4.69) is 36.7 Å². The quantitative estimate of drug-likeness (QED) is 0.685. The minimum Gasteiger partial charge on any atom is -0.378 e. The van der Waals surface area contributed by atoms with Crippen molar-refractivity contribution in [2.45, 2.75) is 51.8 Å². The first-order chi connectivity index (χ1) is 9.69. The summed E-state index contributed by atoms with van der Waals surface area (Å²) >= 11 is 0. The van der Waals surface area contributed by atoms with Crippen LogP contribution in [-0.4, -0.2) is 41.0 Å². The van der Waals surface area contributed by atoms with E-state index in [4.69, 9.17) is 4.74 Å². The third-order valence-corrected chi connectivity index (χ3v) is 3.89. The second-order valence-corrected chi connectivity index (χ2v) is 5.77. The second-order valence-electron chi connectivity index (χ2n) is 5.77. The minimum atomic E-state index is 0.514. The molecule has 0 unspecified atom stereocenters. The van der Waals surface area contributed by atoms with Crippen LogP contribution in [0.15, 0.2) is 18.9 Å². The average molecular weight is 277 g/mol. The molecule has 0 saturated carbocycles. The van der Waals surface area contributed by atoms with Gasteiger partial charge in [0.1, 0.15) is 0 Å². The number of rotatable bonds is 8. The van der Waals surface area contributed by atoms with Crippen molar-refractivity contribution in [1.82, 2.24) is 14.7 Å². The van der Waals surface area contributed by atoms with Crippen LogP contribution in [0.2, 0.25) is 0 Å². The summed E-state index contributed by atoms with van der Waals surface area (Å²) in [5, 5.41) is 4.50. The van der Waals surface area contributed by atoms with E-state index in [1.165, 1.54) is 31.2 Å². The Hall–Kier alpha value is -1.13. The van der Waals surface area contributed by atoms with Crippen molar-refractivity contribution >= 4 is 0 Å². The summed E-state index contributed by atoms with van der Waals surface area (Å²) in [6.07, 6.45) is 9.41. The molecule has 1 aromatic rings. The Morgan fingerprint density at radius 3 is 3.15 bits per heavy atom. The number of aromatic nitrogens is 2. The number of allylic oxidation sites excluding steroid dienone is 1. The maximum absolute atomic E-state index is 5.66. The molecule has 0 aliphatic carbocycles. The minimum absolute atomic E-state index is 0.514. The first-order valence-corrected chi connectivity index (χ1v) is 7.63. The van der Waals surface area contributed by atoms with Crippen LogP contribution < -0.4 is 0 Å². The van der Waals surface area contributed by atoms with Gasteiger partial charge in [-0.25, -0.2) is 0 Å². The Bertz CT molecular complexity index is 421. The number of nitrogens with zero attached hydrogens (tertiary/aromatic N) is 3. The van der Waals surface area contributed by atoms with Crippen molar-refractivity contribution in [3.8, 4) is 0 Å². The van der Waals surface area contributed by atoms with Gasteiger partial charge in [0.25, 0.3) is 0 Å². The molecule has 0 radical (unpaired) electrons. The topological polar surface area (TPSA) is 30.3 Å². The number of aryl methyl sites for hydroxylation is 1. The maximum atomic E-state index is 5.66. The summed E-state index contributed by atoms with van der Waals surface area (Å²) in [6.45, 7) is 9.66. The molecular weight excluding hydrogens is 250 g/mol. The zero-order valence-corrected chi connectivity index (χ0v) is 12.8. The molecule has 1 fully saturated rings. The van der Waals surface area contributed by atoms with E-state index in [-0.39, 0.29) is 0 Å². The smallest absolute Gasteiger partial charge is 0.0638 e. The van der Waals surface area contributed by atoms with Gasteiger partial charge < -0.3 is 9.64 Å². The molecule has 1 aliphatic heterocycles. The van der Waals surface area contributed by atoms with Gasteiger partial charge in [0.2, 0.25) is 0 Å². The lowest BCUT2D eigenvalue weighted by Gasteiger charge is -2.17. The lowest BCUT2D eigenvalue weighted by atomic mass is 10.1. The van der Waals surface area contributed by atoms with Gasteiger partial charge in [0.05, 0.1) is 18.3 Å². The summed E-state index contributed by atoms with van der Waals surface area (Å²) < 4.78 is 7.62. The van der Waals surface area contributed by atoms with Crippen LogP contribution in [0.25, 0.3) is 0 Å². The molecule has 0 bridgehead atoms. The summed E-state index contributed by atoms with van der Waals surface area (Å²) in [5.74, 6) is 0. The van der Waals surface area contributed by atoms with E-state index < -0.39 is 0 Å². The number of hydrogen-bond acceptors (Lipinski definition) is 3. The van der Waals surface area contributed by atoms with Gasteiger partial charge in [-0.1, -0.05) is 6.08 Å². The second kappa shape index (κ2) is 7.60. The van der Waals surface area contributed by atoms with Crippen LogP contribution >= 0.6 is 0 Å². The zero-order chi connectivity index (χ0) is 14.4. The van der Waals surface area contributed by atoms with E-state index in [9.17, 15) is 0 Å². The molecule has 0 aromatic carbocycles. The Balaban J connectivity index is 1.72. The Labute approximate surface area is 122 Å². The highest BCUT2D eigenvalue weighted by Gasteiger charge is 2.15. The predicted molar refractivity (Wildman–Crippen MR) is 81.7 cm³/mol. The van der Waals surface area contributed by atoms with E-state index in [1.54, 1.807) is 0 Å². The van der Waals surface area contributed by atoms with Crippen molar-refractivity contribution in [1.29, 1.82) is 0 Å². The largest absolute Gasteiger partial charge is 0.378 e. The summed E-state index contributed by atoms with van der Waals surface area (Å²) in [6, 6.07) is 0. The van der Waals surface area contributed by atoms with Gasteiger partial charge in [-0.3, -0.25) is 4.68 Å². The molecule has 1 saturated heterocycles. The highest BCUT2D eigenvalue weighted by Crippen LogP contribution is 2.17. The summed E-state index contributed by atoms with van der Waals surface area (Å²) in [5.41, 5.74) is 2.43. The SMILES string of the molecule is C=CCn1cc(CN(C)CCC[C@@H]2CCCO2)c(C)n1. The van der Waals surface area contributed by atoms with E-state index in [0.717, 1.165) is 31.9 Å². The Kier molecular flexibility index (Phi) is 5.80. The van der Waals surface area contributed by atoms with Crippen LogP contribution in [0.3, 0.4) is 0 Å². The van der Waals surface area contributed by atoms with Crippen molar-refractivity contribution in [2.24, 2.45) is 0 Å². The van der Waals surface area contributed by atoms with Gasteiger partial charge in [-0.05, 0) is 46.2 Å². The van der Waals surface area contributed by atoms with Gasteiger partial charge >= 0.3 is 0 Å². The van der Waals surface area contributed by atoms with Crippen molar-refractivity contribution < 1.29 is 4.74 Å². The number of hydrogen-bond donors (Lipinski definition) is 0. The van der Waals surface area contributed by atoms with Crippen LogP contribution in [0, 0.1) is 6.92 Å². The molecule has 0 amide bonds. The third kappa shape index (κ3) is 4.46. The lowest BCUT2D eigenvalue weighted by molar-refractivity contribution is 0.0995. The molecule has 4 heteroatoms. The molecule has 112 valence electrons. The van der Waals surface area contributed by atoms with E-state index in [0.29, 0.717) is 6.10 Å². The van der Waals surface area contributed by atoms with E-state index in [1.807, 2.05) is 10.8 Å². The normalized spacial score (nSPS) is 18.9. The molecule has 1 aliphatic rings. The number of ether oxygens (including phenoxy) is 1. The molecule has 20 heavy (non-hydrogen) atoms. The molecular formula is C16H27N3O. The zero-order valence-electron chi connectivity index (χ0n) is 12.8. The highest BCUT2D eigenvalue weighted by molar-refractivity contribution is 5.15. The van der Waals surface area contributed by atoms with Crippen LogP contribution in [0.5, 0.6) is 0 Å². The molecule has 0 spiro atoms. The van der Waals surface area contributed by atoms with Gasteiger partial charge in [-0.15, -0.1) is 6.58 Å². The molecule has 1 aromatic heterocycles. The molecule has 4 nitrogen and oxygen atoms in total. The Morgan fingerprint density at radius 2 is 2.45 bits per heavy atom. The molecule has 0 N–H and O–H groups in total. The van der Waals surface area contributed by atoms with Crippen molar-refractivity contribution in [3.63, 3.8) is 0 Å². The fourth-order valence-corrected chi connectivity index (χ4v) is 2.77. The fraction of sp³-hybridized carbons (Fsp3) is 0.688. The maximum Gasteiger partial charge on any atom is 0.0638 e. The first-order valence-electron chi connectivity index (χ1n) is 7.63. The van der Waals surface area contributed by atoms with Gasteiger partial charge in [0.15, 0.2) is 0 Å². The summed E-state index contributed by atoms with van der Waals surface area (Å²) in [7, 11) is 2.18. The van der Waals surface area contributed by atoms with Crippen LogP contribution in [0.4, 0.5) is 0 Å². The monoisotopic (exact) mass is 277 g/mol. The first kappa shape index (κ1) is 15.3. The average Bonchev–Trinajstić information content (AvgIpc) is 3.01. The summed E-state index contributed by atoms with van der Waals surface area (Å²) in [4.78, 5) is 2.37. The van der Waals surface area contributed by atoms with Crippen LogP contribution in [-0.2, 0) is 17.8 Å². The van der Waals surface area contributed by atoms with E-state index >= 15 is 0 Å².